The van der Waals surface area contributed by atoms with Crippen molar-refractivity contribution in [3.05, 3.63) is 34.9 Å². The summed E-state index contributed by atoms with van der Waals surface area (Å²) >= 11 is 2.40. The van der Waals surface area contributed by atoms with Crippen LogP contribution in [0.25, 0.3) is 0 Å². The van der Waals surface area contributed by atoms with Crippen LogP contribution in [0.15, 0.2) is 10.4 Å². The van der Waals surface area contributed by atoms with Gasteiger partial charge < -0.3 is 0 Å². The van der Waals surface area contributed by atoms with Crippen molar-refractivity contribution in [3.8, 4) is 0 Å². The molecule has 1 amide bonds. The molecule has 0 unspecified atom stereocenters. The third-order valence-electron chi connectivity index (χ3n) is 2.24. The fourth-order valence-corrected chi connectivity index (χ4v) is 2.99. The Balaban J connectivity index is 2.24. The lowest BCUT2D eigenvalue weighted by atomic mass is 10.1. The average molecular weight is 337 g/mol. The Bertz CT molecular complexity index is 692. The van der Waals surface area contributed by atoms with E-state index in [4.69, 9.17) is 0 Å². The molecule has 2 rings (SSSR count). The number of hydrogen-bond acceptors (Lipinski definition) is 5. The number of halogens is 4. The van der Waals surface area contributed by atoms with Gasteiger partial charge in [-0.15, -0.1) is 10.2 Å². The number of carbonyl (C=O) groups excluding carboxylic acids is 1. The maximum Gasteiger partial charge on any atom is 0.260 e. The molecule has 0 saturated heterocycles. The zero-order chi connectivity index (χ0) is 15.6. The van der Waals surface area contributed by atoms with Gasteiger partial charge in [-0.2, -0.15) is 0 Å². The molecule has 0 aliphatic heterocycles. The third kappa shape index (κ3) is 3.32. The minimum absolute atomic E-state index is 0.0421. The normalized spacial score (nSPS) is 10.7. The van der Waals surface area contributed by atoms with Gasteiger partial charge >= 0.3 is 0 Å². The second-order valence-corrected chi connectivity index (χ2v) is 6.10. The van der Waals surface area contributed by atoms with Crippen molar-refractivity contribution in [1.82, 2.24) is 10.2 Å². The van der Waals surface area contributed by atoms with Crippen LogP contribution >= 0.6 is 23.1 Å². The number of benzene rings is 1. The molecule has 0 atom stereocenters. The number of aromatic nitrogens is 2. The lowest BCUT2D eigenvalue weighted by Gasteiger charge is -2.05. The van der Waals surface area contributed by atoms with E-state index in [1.807, 2.05) is 6.92 Å². The number of carbonyl (C=O) groups is 1. The number of thioether (sulfide) groups is 1. The maximum atomic E-state index is 13.4. The van der Waals surface area contributed by atoms with E-state index < -0.39 is 34.7 Å². The van der Waals surface area contributed by atoms with Crippen LogP contribution in [0.1, 0.15) is 17.3 Å². The van der Waals surface area contributed by atoms with Gasteiger partial charge in [0.25, 0.3) is 5.91 Å². The Morgan fingerprint density at radius 2 is 1.95 bits per heavy atom. The molecule has 0 fully saturated rings. The SMILES string of the molecule is CCSc1nnc(NC(=O)c2cc(F)c(F)c(F)c2F)s1. The quantitative estimate of drug-likeness (QED) is 0.305. The van der Waals surface area contributed by atoms with Crippen molar-refractivity contribution in [2.24, 2.45) is 0 Å². The summed E-state index contributed by atoms with van der Waals surface area (Å²) in [5.74, 6) is -7.83. The highest BCUT2D eigenvalue weighted by Crippen LogP contribution is 2.26. The third-order valence-corrected chi connectivity index (χ3v) is 4.10. The monoisotopic (exact) mass is 337 g/mol. The molecule has 10 heteroatoms. The van der Waals surface area contributed by atoms with Crippen molar-refractivity contribution in [2.45, 2.75) is 11.3 Å². The van der Waals surface area contributed by atoms with Crippen molar-refractivity contribution < 1.29 is 22.4 Å². The summed E-state index contributed by atoms with van der Waals surface area (Å²) in [6, 6.07) is 0.284. The van der Waals surface area contributed by atoms with Gasteiger partial charge in [0.15, 0.2) is 27.6 Å². The van der Waals surface area contributed by atoms with Crippen LogP contribution in [0.4, 0.5) is 22.7 Å². The predicted molar refractivity (Wildman–Crippen MR) is 70.5 cm³/mol. The molecule has 1 aromatic carbocycles. The number of nitrogens with one attached hydrogen (secondary N) is 1. The number of nitrogens with zero attached hydrogens (tertiary/aromatic N) is 2. The van der Waals surface area contributed by atoms with Gasteiger partial charge in [-0.3, -0.25) is 10.1 Å². The van der Waals surface area contributed by atoms with Crippen molar-refractivity contribution in [3.63, 3.8) is 0 Å². The topological polar surface area (TPSA) is 54.9 Å². The molecule has 1 heterocycles. The highest BCUT2D eigenvalue weighted by atomic mass is 32.2. The highest BCUT2D eigenvalue weighted by Gasteiger charge is 2.23. The predicted octanol–water partition coefficient (Wildman–Crippen LogP) is 3.46. The Morgan fingerprint density at radius 3 is 2.62 bits per heavy atom. The Labute approximate surface area is 124 Å². The van der Waals surface area contributed by atoms with E-state index in [1.54, 1.807) is 0 Å². The van der Waals surface area contributed by atoms with Gasteiger partial charge in [0.05, 0.1) is 5.56 Å². The molecule has 1 aromatic heterocycles. The van der Waals surface area contributed by atoms with E-state index >= 15 is 0 Å². The van der Waals surface area contributed by atoms with Crippen LogP contribution in [0.5, 0.6) is 0 Å². The largest absolute Gasteiger partial charge is 0.296 e. The number of anilines is 1. The minimum atomic E-state index is -2.04. The van der Waals surface area contributed by atoms with E-state index in [9.17, 15) is 22.4 Å². The summed E-state index contributed by atoms with van der Waals surface area (Å²) in [7, 11) is 0. The van der Waals surface area contributed by atoms with Crippen LogP contribution in [0.2, 0.25) is 0 Å². The Hall–Kier alpha value is -1.68. The molecule has 0 aliphatic rings. The van der Waals surface area contributed by atoms with Crippen molar-refractivity contribution >= 4 is 34.1 Å². The van der Waals surface area contributed by atoms with Crippen LogP contribution < -0.4 is 5.32 Å². The van der Waals surface area contributed by atoms with Gasteiger partial charge in [0.2, 0.25) is 5.13 Å². The number of hydrogen-bond donors (Lipinski definition) is 1. The molecule has 0 bridgehead atoms. The van der Waals surface area contributed by atoms with Crippen LogP contribution in [-0.4, -0.2) is 21.9 Å². The maximum absolute atomic E-state index is 13.4. The summed E-state index contributed by atoms with van der Waals surface area (Å²) < 4.78 is 52.9. The fourth-order valence-electron chi connectivity index (χ4n) is 1.34. The summed E-state index contributed by atoms with van der Waals surface area (Å²) in [5, 5.41) is 9.55. The van der Waals surface area contributed by atoms with E-state index in [1.165, 1.54) is 11.8 Å². The summed E-state index contributed by atoms with van der Waals surface area (Å²) in [6.45, 7) is 1.89. The summed E-state index contributed by atoms with van der Waals surface area (Å²) in [6.07, 6.45) is 0. The second-order valence-electron chi connectivity index (χ2n) is 3.61. The smallest absolute Gasteiger partial charge is 0.260 e. The molecular weight excluding hydrogens is 330 g/mol. The van der Waals surface area contributed by atoms with Gasteiger partial charge in [0, 0.05) is 0 Å². The minimum Gasteiger partial charge on any atom is -0.296 e. The first-order valence-corrected chi connectivity index (χ1v) is 7.34. The molecule has 0 radical (unpaired) electrons. The molecule has 112 valence electrons. The molecule has 0 aliphatic carbocycles. The van der Waals surface area contributed by atoms with Crippen LogP contribution in [0, 0.1) is 23.3 Å². The second kappa shape index (κ2) is 6.39. The first-order chi connectivity index (χ1) is 9.93. The first-order valence-electron chi connectivity index (χ1n) is 5.54. The molecule has 0 spiro atoms. The van der Waals surface area contributed by atoms with Crippen molar-refractivity contribution in [2.75, 3.05) is 11.1 Å². The van der Waals surface area contributed by atoms with E-state index in [-0.39, 0.29) is 11.2 Å². The molecule has 1 N–H and O–H groups in total. The Morgan fingerprint density at radius 1 is 1.24 bits per heavy atom. The fraction of sp³-hybridized carbons (Fsp3) is 0.182. The highest BCUT2D eigenvalue weighted by molar-refractivity contribution is 8.01. The van der Waals surface area contributed by atoms with E-state index in [0.717, 1.165) is 17.1 Å². The zero-order valence-electron chi connectivity index (χ0n) is 10.4. The number of amides is 1. The zero-order valence-corrected chi connectivity index (χ0v) is 12.0. The summed E-state index contributed by atoms with van der Waals surface area (Å²) in [4.78, 5) is 11.7. The average Bonchev–Trinajstić information content (AvgIpc) is 2.88. The van der Waals surface area contributed by atoms with Crippen LogP contribution in [-0.2, 0) is 0 Å². The van der Waals surface area contributed by atoms with E-state index in [2.05, 4.69) is 15.5 Å². The number of rotatable bonds is 4. The van der Waals surface area contributed by atoms with Gasteiger partial charge in [0.1, 0.15) is 0 Å². The molecule has 21 heavy (non-hydrogen) atoms. The Kier molecular flexibility index (Phi) is 4.78. The van der Waals surface area contributed by atoms with Gasteiger partial charge in [-0.25, -0.2) is 17.6 Å². The van der Waals surface area contributed by atoms with E-state index in [0.29, 0.717) is 4.34 Å². The molecule has 4 nitrogen and oxygen atoms in total. The molecular formula is C11H7F4N3OS2. The van der Waals surface area contributed by atoms with Gasteiger partial charge in [-0.1, -0.05) is 30.0 Å². The lowest BCUT2D eigenvalue weighted by molar-refractivity contribution is 0.102. The van der Waals surface area contributed by atoms with Crippen LogP contribution in [0.3, 0.4) is 0 Å². The summed E-state index contributed by atoms with van der Waals surface area (Å²) in [5.41, 5.74) is -0.953. The molecule has 2 aromatic rings. The first kappa shape index (κ1) is 15.7. The van der Waals surface area contributed by atoms with Gasteiger partial charge in [-0.05, 0) is 11.8 Å². The lowest BCUT2D eigenvalue weighted by Crippen LogP contribution is -2.16. The van der Waals surface area contributed by atoms with Crippen molar-refractivity contribution in [1.29, 1.82) is 0 Å². The molecule has 0 saturated carbocycles. The standard InChI is InChI=1S/C11H7F4N3OS2/c1-2-20-11-18-17-10(21-11)16-9(19)4-3-5(12)7(14)8(15)6(4)13/h3H,2H2,1H3,(H,16,17,19).